The van der Waals surface area contributed by atoms with E-state index in [2.05, 4.69) is 15.0 Å². The molecule has 0 fully saturated rings. The van der Waals surface area contributed by atoms with E-state index in [1.54, 1.807) is 6.92 Å². The summed E-state index contributed by atoms with van der Waals surface area (Å²) in [5, 5.41) is 3.06. The molecule has 2 heterocycles. The summed E-state index contributed by atoms with van der Waals surface area (Å²) in [4.78, 5) is 15.6. The third-order valence-electron chi connectivity index (χ3n) is 2.56. The summed E-state index contributed by atoms with van der Waals surface area (Å²) in [6, 6.07) is 5.50. The summed E-state index contributed by atoms with van der Waals surface area (Å²) >= 11 is 0. The second-order valence-electron chi connectivity index (χ2n) is 3.82. The lowest BCUT2D eigenvalue weighted by atomic mass is 10.3. The van der Waals surface area contributed by atoms with Crippen LogP contribution in [-0.4, -0.2) is 28.5 Å². The van der Waals surface area contributed by atoms with Crippen molar-refractivity contribution in [1.29, 1.82) is 0 Å². The summed E-state index contributed by atoms with van der Waals surface area (Å²) < 4.78 is 6.58. The van der Waals surface area contributed by atoms with Gasteiger partial charge in [0.25, 0.3) is 0 Å². The van der Waals surface area contributed by atoms with Gasteiger partial charge in [-0.1, -0.05) is 6.07 Å². The van der Waals surface area contributed by atoms with Crippen LogP contribution in [0.5, 0.6) is 0 Å². The quantitative estimate of drug-likeness (QED) is 0.800. The fourth-order valence-corrected chi connectivity index (χ4v) is 1.59. The molecule has 0 saturated heterocycles. The van der Waals surface area contributed by atoms with Gasteiger partial charge in [0, 0.05) is 18.9 Å². The van der Waals surface area contributed by atoms with E-state index in [1.165, 1.54) is 7.11 Å². The average Bonchev–Trinajstić information content (AvgIpc) is 2.77. The van der Waals surface area contributed by atoms with Gasteiger partial charge < -0.3 is 9.14 Å². The van der Waals surface area contributed by atoms with Gasteiger partial charge in [0.1, 0.15) is 11.7 Å². The minimum absolute atomic E-state index is 0.270. The lowest BCUT2D eigenvalue weighted by Gasteiger charge is -2.09. The molecular formula is C12H15N3O2. The Kier molecular flexibility index (Phi) is 3.39. The fourth-order valence-electron chi connectivity index (χ4n) is 1.59. The molecule has 2 aromatic rings. The average molecular weight is 233 g/mol. The van der Waals surface area contributed by atoms with Crippen molar-refractivity contribution in [2.45, 2.75) is 19.5 Å². The number of aromatic nitrogens is 2. The Hall–Kier alpha value is -1.88. The van der Waals surface area contributed by atoms with Crippen LogP contribution in [0.3, 0.4) is 0 Å². The van der Waals surface area contributed by atoms with Crippen molar-refractivity contribution in [3.8, 4) is 0 Å². The monoisotopic (exact) mass is 233 g/mol. The van der Waals surface area contributed by atoms with Crippen molar-refractivity contribution in [3.05, 3.63) is 36.3 Å². The predicted molar refractivity (Wildman–Crippen MR) is 63.5 cm³/mol. The Bertz CT molecular complexity index is 488. The van der Waals surface area contributed by atoms with Gasteiger partial charge in [-0.2, -0.15) is 0 Å². The number of methoxy groups -OCH3 is 1. The van der Waals surface area contributed by atoms with Crippen molar-refractivity contribution in [1.82, 2.24) is 14.7 Å². The smallest absolute Gasteiger partial charge is 0.322 e. The molecule has 5 heteroatoms. The first-order chi connectivity index (χ1) is 8.20. The third kappa shape index (κ3) is 2.62. The van der Waals surface area contributed by atoms with E-state index in [0.29, 0.717) is 6.54 Å². The summed E-state index contributed by atoms with van der Waals surface area (Å²) in [5.41, 5.74) is 1.79. The zero-order chi connectivity index (χ0) is 12.3. The highest BCUT2D eigenvalue weighted by molar-refractivity contribution is 5.75. The molecule has 0 amide bonds. The summed E-state index contributed by atoms with van der Waals surface area (Å²) in [6.07, 6.45) is 3.88. The van der Waals surface area contributed by atoms with E-state index in [0.717, 1.165) is 11.3 Å². The van der Waals surface area contributed by atoms with Crippen LogP contribution in [0.4, 0.5) is 0 Å². The summed E-state index contributed by atoms with van der Waals surface area (Å²) in [6.45, 7) is 2.31. The maximum Gasteiger partial charge on any atom is 0.322 e. The summed E-state index contributed by atoms with van der Waals surface area (Å²) in [7, 11) is 1.38. The number of carbonyl (C=O) groups is 1. The van der Waals surface area contributed by atoms with Crippen LogP contribution in [0.2, 0.25) is 0 Å². The second kappa shape index (κ2) is 4.97. The largest absolute Gasteiger partial charge is 0.468 e. The van der Waals surface area contributed by atoms with Crippen LogP contribution >= 0.6 is 0 Å². The van der Waals surface area contributed by atoms with Crippen LogP contribution in [0.25, 0.3) is 5.65 Å². The minimum Gasteiger partial charge on any atom is -0.468 e. The zero-order valence-corrected chi connectivity index (χ0v) is 9.88. The maximum absolute atomic E-state index is 11.2. The Balaban J connectivity index is 2.01. The maximum atomic E-state index is 11.2. The standard InChI is InChI=1S/C12H15N3O2/c1-9(12(16)17-2)13-7-10-8-15-6-4-3-5-11(15)14-10/h3-6,8-9,13H,7H2,1-2H3. The molecule has 0 aliphatic carbocycles. The van der Waals surface area contributed by atoms with E-state index in [1.807, 2.05) is 35.0 Å². The van der Waals surface area contributed by atoms with E-state index >= 15 is 0 Å². The van der Waals surface area contributed by atoms with Gasteiger partial charge >= 0.3 is 5.97 Å². The molecule has 0 spiro atoms. The molecular weight excluding hydrogens is 218 g/mol. The SMILES string of the molecule is COC(=O)C(C)NCc1cn2ccccc2n1. The second-order valence-corrected chi connectivity index (χ2v) is 3.82. The molecule has 0 aliphatic rings. The summed E-state index contributed by atoms with van der Waals surface area (Å²) in [5.74, 6) is -0.270. The topological polar surface area (TPSA) is 55.6 Å². The van der Waals surface area contributed by atoms with Crippen molar-refractivity contribution >= 4 is 11.6 Å². The molecule has 5 nitrogen and oxygen atoms in total. The van der Waals surface area contributed by atoms with E-state index in [9.17, 15) is 4.79 Å². The molecule has 1 atom stereocenters. The lowest BCUT2D eigenvalue weighted by Crippen LogP contribution is -2.34. The molecule has 0 bridgehead atoms. The highest BCUT2D eigenvalue weighted by Crippen LogP contribution is 2.04. The first-order valence-corrected chi connectivity index (χ1v) is 5.44. The molecule has 1 N–H and O–H groups in total. The molecule has 2 rings (SSSR count). The number of rotatable bonds is 4. The number of ether oxygens (including phenoxy) is 1. The van der Waals surface area contributed by atoms with Gasteiger partial charge in [0.2, 0.25) is 0 Å². The lowest BCUT2D eigenvalue weighted by molar-refractivity contribution is -0.142. The van der Waals surface area contributed by atoms with Crippen molar-refractivity contribution in [3.63, 3.8) is 0 Å². The van der Waals surface area contributed by atoms with Gasteiger partial charge in [-0.15, -0.1) is 0 Å². The molecule has 0 aliphatic heterocycles. The third-order valence-corrected chi connectivity index (χ3v) is 2.56. The van der Waals surface area contributed by atoms with Gasteiger partial charge in [-0.05, 0) is 19.1 Å². The Morgan fingerprint density at radius 3 is 3.12 bits per heavy atom. The van der Waals surface area contributed by atoms with E-state index in [4.69, 9.17) is 0 Å². The van der Waals surface area contributed by atoms with Crippen LogP contribution in [-0.2, 0) is 16.1 Å². The number of hydrogen-bond donors (Lipinski definition) is 1. The molecule has 0 saturated carbocycles. The number of nitrogens with zero attached hydrogens (tertiary/aromatic N) is 2. The number of imidazole rings is 1. The number of pyridine rings is 1. The fraction of sp³-hybridized carbons (Fsp3) is 0.333. The van der Waals surface area contributed by atoms with Crippen LogP contribution in [0.1, 0.15) is 12.6 Å². The molecule has 0 radical (unpaired) electrons. The van der Waals surface area contributed by atoms with Crippen molar-refractivity contribution in [2.75, 3.05) is 7.11 Å². The molecule has 17 heavy (non-hydrogen) atoms. The Morgan fingerprint density at radius 1 is 1.59 bits per heavy atom. The van der Waals surface area contributed by atoms with Gasteiger partial charge in [0.15, 0.2) is 0 Å². The van der Waals surface area contributed by atoms with Gasteiger partial charge in [0.05, 0.1) is 12.8 Å². The number of hydrogen-bond acceptors (Lipinski definition) is 4. The van der Waals surface area contributed by atoms with Crippen LogP contribution in [0.15, 0.2) is 30.6 Å². The highest BCUT2D eigenvalue weighted by Gasteiger charge is 2.12. The normalized spacial score (nSPS) is 12.6. The number of esters is 1. The molecule has 0 aromatic carbocycles. The molecule has 1 unspecified atom stereocenters. The number of fused-ring (bicyclic) bond motifs is 1. The zero-order valence-electron chi connectivity index (χ0n) is 9.88. The van der Waals surface area contributed by atoms with E-state index in [-0.39, 0.29) is 12.0 Å². The van der Waals surface area contributed by atoms with Crippen molar-refractivity contribution in [2.24, 2.45) is 0 Å². The number of carbonyl (C=O) groups excluding carboxylic acids is 1. The van der Waals surface area contributed by atoms with Crippen molar-refractivity contribution < 1.29 is 9.53 Å². The first kappa shape index (κ1) is 11.6. The minimum atomic E-state index is -0.329. The number of nitrogens with one attached hydrogen (secondary N) is 1. The highest BCUT2D eigenvalue weighted by atomic mass is 16.5. The van der Waals surface area contributed by atoms with Gasteiger partial charge in [-0.3, -0.25) is 10.1 Å². The molecule has 90 valence electrons. The Labute approximate surface area is 99.4 Å². The van der Waals surface area contributed by atoms with Gasteiger partial charge in [-0.25, -0.2) is 4.98 Å². The first-order valence-electron chi connectivity index (χ1n) is 5.44. The van der Waals surface area contributed by atoms with E-state index < -0.39 is 0 Å². The van der Waals surface area contributed by atoms with Crippen LogP contribution in [0, 0.1) is 0 Å². The predicted octanol–water partition coefficient (Wildman–Crippen LogP) is 0.985. The van der Waals surface area contributed by atoms with Crippen LogP contribution < -0.4 is 5.32 Å². The Morgan fingerprint density at radius 2 is 2.41 bits per heavy atom. The molecule has 2 aromatic heterocycles.